The number of rotatable bonds is 4. The van der Waals surface area contributed by atoms with E-state index in [2.05, 4.69) is 16.4 Å². The molecule has 2 aromatic carbocycles. The highest BCUT2D eigenvalue weighted by Crippen LogP contribution is 2.45. The fraction of sp³-hybridized carbons (Fsp3) is 0.250. The van der Waals surface area contributed by atoms with Gasteiger partial charge in [0.25, 0.3) is 5.91 Å². The zero-order valence-corrected chi connectivity index (χ0v) is 16.9. The van der Waals surface area contributed by atoms with Gasteiger partial charge < -0.3 is 14.9 Å². The maximum absolute atomic E-state index is 12.7. The average Bonchev–Trinajstić information content (AvgIpc) is 3.24. The molecule has 1 saturated heterocycles. The van der Waals surface area contributed by atoms with E-state index in [-0.39, 0.29) is 5.91 Å². The number of fused-ring (bicyclic) bond motifs is 1. The molecule has 2 N–H and O–H groups in total. The number of aromatic nitrogens is 2. The van der Waals surface area contributed by atoms with Crippen molar-refractivity contribution >= 4 is 46.2 Å². The molecule has 0 bridgehead atoms. The van der Waals surface area contributed by atoms with Gasteiger partial charge in [-0.3, -0.25) is 14.4 Å². The maximum Gasteiger partial charge on any atom is 0.316 e. The first-order valence-corrected chi connectivity index (χ1v) is 11.1. The molecule has 0 spiro atoms. The van der Waals surface area contributed by atoms with E-state index in [1.165, 1.54) is 10.1 Å². The summed E-state index contributed by atoms with van der Waals surface area (Å²) in [6, 6.07) is 12.8. The van der Waals surface area contributed by atoms with Crippen molar-refractivity contribution in [1.29, 1.82) is 0 Å². The molecule has 1 amide bonds. The van der Waals surface area contributed by atoms with E-state index < -0.39 is 11.1 Å². The van der Waals surface area contributed by atoms with Crippen molar-refractivity contribution in [1.82, 2.24) is 9.55 Å². The molecule has 144 valence electrons. The highest BCUT2D eigenvalue weighted by Gasteiger charge is 2.19. The molecule has 8 heteroatoms. The van der Waals surface area contributed by atoms with Gasteiger partial charge in [-0.25, -0.2) is 0 Å². The normalized spacial score (nSPS) is 14.5. The third kappa shape index (κ3) is 3.62. The van der Waals surface area contributed by atoms with Gasteiger partial charge in [0, 0.05) is 29.3 Å². The van der Waals surface area contributed by atoms with Crippen LogP contribution in [-0.2, 0) is 6.54 Å². The Morgan fingerprint density at radius 2 is 1.96 bits per heavy atom. The van der Waals surface area contributed by atoms with Crippen molar-refractivity contribution in [2.45, 2.75) is 18.1 Å². The molecule has 1 aromatic heterocycles. The first kappa shape index (κ1) is 18.9. The fourth-order valence-corrected chi connectivity index (χ4v) is 6.09. The van der Waals surface area contributed by atoms with E-state index in [1.807, 2.05) is 41.7 Å². The maximum atomic E-state index is 12.7. The number of anilines is 1. The van der Waals surface area contributed by atoms with Crippen molar-refractivity contribution in [3.63, 3.8) is 0 Å². The number of aromatic amines is 1. The van der Waals surface area contributed by atoms with Gasteiger partial charge in [-0.1, -0.05) is 12.1 Å². The van der Waals surface area contributed by atoms with E-state index in [0.717, 1.165) is 17.2 Å². The molecule has 1 aliphatic heterocycles. The quantitative estimate of drug-likeness (QED) is 0.640. The first-order chi connectivity index (χ1) is 13.6. The van der Waals surface area contributed by atoms with E-state index >= 15 is 0 Å². The molecule has 0 saturated carbocycles. The predicted octanol–water partition coefficient (Wildman–Crippen LogP) is 3.44. The molecule has 4 rings (SSSR count). The Labute approximate surface area is 169 Å². The number of benzene rings is 2. The zero-order chi connectivity index (χ0) is 19.7. The Hall–Kier alpha value is -2.45. The number of amides is 1. The highest BCUT2D eigenvalue weighted by molar-refractivity contribution is 8.19. The van der Waals surface area contributed by atoms with Crippen LogP contribution < -0.4 is 16.4 Å². The van der Waals surface area contributed by atoms with Crippen molar-refractivity contribution in [2.24, 2.45) is 0 Å². The minimum Gasteiger partial charge on any atom is -0.322 e. The van der Waals surface area contributed by atoms with Gasteiger partial charge in [-0.15, -0.1) is 23.5 Å². The standard InChI is InChI=1S/C20H19N3O3S2/c1-2-23-16-7-6-12(11-15(16)22-18(25)19(23)26)17(24)21-14-5-3-4-13(10-14)20-27-8-9-28-20/h3-7,10-11,20H,2,8-9H2,1H3,(H,21,24)(H,22,25). The van der Waals surface area contributed by atoms with Crippen LogP contribution in [0.25, 0.3) is 11.0 Å². The fourth-order valence-electron chi connectivity index (χ4n) is 3.25. The molecule has 28 heavy (non-hydrogen) atoms. The van der Waals surface area contributed by atoms with Crippen molar-refractivity contribution in [2.75, 3.05) is 16.8 Å². The van der Waals surface area contributed by atoms with E-state index in [4.69, 9.17) is 0 Å². The van der Waals surface area contributed by atoms with Gasteiger partial charge in [-0.05, 0) is 42.8 Å². The summed E-state index contributed by atoms with van der Waals surface area (Å²) < 4.78 is 1.81. The average molecular weight is 414 g/mol. The minimum atomic E-state index is -0.689. The predicted molar refractivity (Wildman–Crippen MR) is 117 cm³/mol. The molecule has 0 aliphatic carbocycles. The number of hydrogen-bond acceptors (Lipinski definition) is 5. The van der Waals surface area contributed by atoms with E-state index in [9.17, 15) is 14.4 Å². The summed E-state index contributed by atoms with van der Waals surface area (Å²) in [4.78, 5) is 39.1. The Balaban J connectivity index is 1.62. The molecule has 1 fully saturated rings. The summed E-state index contributed by atoms with van der Waals surface area (Å²) in [6.07, 6.45) is 0. The lowest BCUT2D eigenvalue weighted by atomic mass is 10.1. The monoisotopic (exact) mass is 413 g/mol. The minimum absolute atomic E-state index is 0.263. The summed E-state index contributed by atoms with van der Waals surface area (Å²) in [7, 11) is 0. The number of H-pyrrole nitrogens is 1. The van der Waals surface area contributed by atoms with Gasteiger partial charge in [-0.2, -0.15) is 0 Å². The number of nitrogens with zero attached hydrogens (tertiary/aromatic N) is 1. The van der Waals surface area contributed by atoms with Crippen LogP contribution in [0.2, 0.25) is 0 Å². The highest BCUT2D eigenvalue weighted by atomic mass is 32.2. The van der Waals surface area contributed by atoms with Crippen LogP contribution in [0.15, 0.2) is 52.1 Å². The summed E-state index contributed by atoms with van der Waals surface area (Å²) in [5, 5.41) is 2.92. The Morgan fingerprint density at radius 3 is 2.71 bits per heavy atom. The van der Waals surface area contributed by atoms with Crippen LogP contribution in [0.3, 0.4) is 0 Å². The second-order valence-corrected chi connectivity index (χ2v) is 9.11. The largest absolute Gasteiger partial charge is 0.322 e. The summed E-state index contributed by atoms with van der Waals surface area (Å²) >= 11 is 3.83. The molecule has 6 nitrogen and oxygen atoms in total. The number of carbonyl (C=O) groups excluding carboxylic acids is 1. The van der Waals surface area contributed by atoms with Crippen LogP contribution in [0, 0.1) is 0 Å². The van der Waals surface area contributed by atoms with Crippen LogP contribution >= 0.6 is 23.5 Å². The number of carbonyl (C=O) groups is 1. The lowest BCUT2D eigenvalue weighted by Gasteiger charge is -2.12. The molecule has 2 heterocycles. The van der Waals surface area contributed by atoms with Crippen LogP contribution in [0.4, 0.5) is 5.69 Å². The van der Waals surface area contributed by atoms with Crippen LogP contribution in [-0.4, -0.2) is 27.0 Å². The zero-order valence-electron chi connectivity index (χ0n) is 15.2. The molecular weight excluding hydrogens is 394 g/mol. The second kappa shape index (κ2) is 7.89. The Morgan fingerprint density at radius 1 is 1.18 bits per heavy atom. The lowest BCUT2D eigenvalue weighted by molar-refractivity contribution is 0.102. The number of hydrogen-bond donors (Lipinski definition) is 2. The van der Waals surface area contributed by atoms with Crippen LogP contribution in [0.1, 0.15) is 27.4 Å². The molecular formula is C20H19N3O3S2. The van der Waals surface area contributed by atoms with Crippen molar-refractivity contribution in [3.05, 3.63) is 74.3 Å². The Bertz CT molecular complexity index is 1160. The molecule has 0 atom stereocenters. The third-order valence-corrected chi connectivity index (χ3v) is 7.70. The van der Waals surface area contributed by atoms with Crippen molar-refractivity contribution in [3.8, 4) is 0 Å². The molecule has 1 aliphatic rings. The number of nitrogens with one attached hydrogen (secondary N) is 2. The lowest BCUT2D eigenvalue weighted by Crippen LogP contribution is -2.36. The Kier molecular flexibility index (Phi) is 5.32. The van der Waals surface area contributed by atoms with Gasteiger partial charge in [0.15, 0.2) is 0 Å². The molecule has 3 aromatic rings. The summed E-state index contributed by atoms with van der Waals surface area (Å²) in [6.45, 7) is 2.18. The van der Waals surface area contributed by atoms with Gasteiger partial charge >= 0.3 is 11.1 Å². The second-order valence-electron chi connectivity index (χ2n) is 6.39. The van der Waals surface area contributed by atoms with Gasteiger partial charge in [0.1, 0.15) is 0 Å². The smallest absolute Gasteiger partial charge is 0.316 e. The van der Waals surface area contributed by atoms with Gasteiger partial charge in [0.05, 0.1) is 15.6 Å². The summed E-state index contributed by atoms with van der Waals surface area (Å²) in [5.74, 6) is 2.02. The van der Waals surface area contributed by atoms with Crippen molar-refractivity contribution < 1.29 is 4.79 Å². The van der Waals surface area contributed by atoms with E-state index in [0.29, 0.717) is 27.7 Å². The number of aryl methyl sites for hydroxylation is 1. The molecule has 0 unspecified atom stereocenters. The number of thioether (sulfide) groups is 2. The topological polar surface area (TPSA) is 84.0 Å². The van der Waals surface area contributed by atoms with E-state index in [1.54, 1.807) is 25.1 Å². The van der Waals surface area contributed by atoms with Crippen LogP contribution in [0.5, 0.6) is 0 Å². The SMILES string of the molecule is CCn1c(=O)c(=O)[nH]c2cc(C(=O)Nc3cccc(C4SCCS4)c3)ccc21. The van der Waals surface area contributed by atoms with Gasteiger partial charge in [0.2, 0.25) is 0 Å². The molecule has 0 radical (unpaired) electrons. The first-order valence-electron chi connectivity index (χ1n) is 8.98. The third-order valence-electron chi connectivity index (χ3n) is 4.59. The summed E-state index contributed by atoms with van der Waals surface area (Å²) in [5.41, 5.74) is 2.13.